The van der Waals surface area contributed by atoms with Gasteiger partial charge in [0.15, 0.2) is 0 Å². The first-order valence-corrected chi connectivity index (χ1v) is 12.2. The first-order chi connectivity index (χ1) is 18.0. The number of halogens is 1. The zero-order valence-electron chi connectivity index (χ0n) is 20.6. The third-order valence-electron chi connectivity index (χ3n) is 6.82. The third-order valence-corrected chi connectivity index (χ3v) is 6.82. The second kappa shape index (κ2) is 9.09. The van der Waals surface area contributed by atoms with Gasteiger partial charge in [-0.15, -0.1) is 0 Å². The number of para-hydroxylation sites is 2. The zero-order valence-corrected chi connectivity index (χ0v) is 20.6. The van der Waals surface area contributed by atoms with Gasteiger partial charge in [0.1, 0.15) is 11.6 Å². The Morgan fingerprint density at radius 2 is 1.73 bits per heavy atom. The standard InChI is InChI=1S/C30H26FN5O/c1-20-10-8-11-22(18-20)28-27-16-9-17-34(27)29-24(21(2)33-36(29)23-12-4-3-5-13-23)19-35(28)30(37)32-26-15-7-6-14-25(26)31/h3-18,28H,19H2,1-2H3,(H,32,37)/t28-/m1/s1. The Morgan fingerprint density at radius 1 is 0.946 bits per heavy atom. The minimum Gasteiger partial charge on any atom is -0.307 e. The molecule has 184 valence electrons. The molecule has 3 heterocycles. The Morgan fingerprint density at radius 3 is 2.51 bits per heavy atom. The number of nitrogens with one attached hydrogen (secondary N) is 1. The van der Waals surface area contributed by atoms with Crippen molar-refractivity contribution in [2.24, 2.45) is 0 Å². The molecular formula is C30H26FN5O. The Labute approximate surface area is 214 Å². The molecule has 1 atom stereocenters. The molecule has 3 aromatic carbocycles. The van der Waals surface area contributed by atoms with Gasteiger partial charge in [-0.3, -0.25) is 0 Å². The van der Waals surface area contributed by atoms with Crippen molar-refractivity contribution >= 4 is 11.7 Å². The molecule has 0 radical (unpaired) electrons. The van der Waals surface area contributed by atoms with Gasteiger partial charge in [-0.2, -0.15) is 5.10 Å². The van der Waals surface area contributed by atoms with E-state index in [2.05, 4.69) is 16.0 Å². The number of hydrogen-bond donors (Lipinski definition) is 1. The Hall–Kier alpha value is -4.65. The molecule has 0 fully saturated rings. The molecule has 1 aliphatic rings. The predicted octanol–water partition coefficient (Wildman–Crippen LogP) is 6.56. The monoisotopic (exact) mass is 491 g/mol. The SMILES string of the molecule is Cc1cccc([C@@H]2c3cccn3-c3c(c(C)nn3-c3ccccc3)CN2C(=O)Nc2ccccc2F)c1. The summed E-state index contributed by atoms with van der Waals surface area (Å²) in [4.78, 5) is 15.6. The van der Waals surface area contributed by atoms with Crippen LogP contribution in [0.25, 0.3) is 11.5 Å². The van der Waals surface area contributed by atoms with Crippen LogP contribution >= 0.6 is 0 Å². The van der Waals surface area contributed by atoms with E-state index in [0.29, 0.717) is 6.54 Å². The van der Waals surface area contributed by atoms with Crippen molar-refractivity contribution in [3.8, 4) is 11.5 Å². The molecule has 0 spiro atoms. The molecule has 1 N–H and O–H groups in total. The van der Waals surface area contributed by atoms with E-state index >= 15 is 0 Å². The van der Waals surface area contributed by atoms with Crippen LogP contribution in [0.2, 0.25) is 0 Å². The Bertz CT molecular complexity index is 1600. The van der Waals surface area contributed by atoms with E-state index in [1.807, 2.05) is 85.4 Å². The fourth-order valence-corrected chi connectivity index (χ4v) is 5.09. The largest absolute Gasteiger partial charge is 0.323 e. The lowest BCUT2D eigenvalue weighted by molar-refractivity contribution is 0.194. The summed E-state index contributed by atoms with van der Waals surface area (Å²) >= 11 is 0. The van der Waals surface area contributed by atoms with Crippen LogP contribution in [0, 0.1) is 19.7 Å². The van der Waals surface area contributed by atoms with Crippen LogP contribution in [0.4, 0.5) is 14.9 Å². The maximum atomic E-state index is 14.5. The van der Waals surface area contributed by atoms with Gasteiger partial charge in [-0.05, 0) is 55.8 Å². The van der Waals surface area contributed by atoms with Gasteiger partial charge in [0.25, 0.3) is 0 Å². The molecule has 6 nitrogen and oxygen atoms in total. The number of aromatic nitrogens is 3. The minimum atomic E-state index is -0.477. The van der Waals surface area contributed by atoms with Crippen LogP contribution in [0.3, 0.4) is 0 Å². The summed E-state index contributed by atoms with van der Waals surface area (Å²) in [6.45, 7) is 4.30. The average Bonchev–Trinajstić information content (AvgIpc) is 3.46. The molecule has 0 saturated carbocycles. The first-order valence-electron chi connectivity index (χ1n) is 12.2. The summed E-state index contributed by atoms with van der Waals surface area (Å²) in [6.07, 6.45) is 2.01. The highest BCUT2D eigenvalue weighted by molar-refractivity contribution is 5.90. The smallest absolute Gasteiger partial charge is 0.307 e. The number of anilines is 1. The maximum Gasteiger partial charge on any atom is 0.323 e. The number of hydrogen-bond acceptors (Lipinski definition) is 2. The number of carbonyl (C=O) groups is 1. The molecule has 37 heavy (non-hydrogen) atoms. The van der Waals surface area contributed by atoms with Gasteiger partial charge in [0, 0.05) is 11.8 Å². The molecular weight excluding hydrogens is 465 g/mol. The van der Waals surface area contributed by atoms with Gasteiger partial charge in [-0.25, -0.2) is 13.9 Å². The van der Waals surface area contributed by atoms with Crippen molar-refractivity contribution in [1.82, 2.24) is 19.2 Å². The molecule has 2 aromatic heterocycles. The van der Waals surface area contributed by atoms with Crippen LogP contribution in [0.1, 0.15) is 34.1 Å². The van der Waals surface area contributed by atoms with E-state index < -0.39 is 11.9 Å². The topological polar surface area (TPSA) is 55.1 Å². The third kappa shape index (κ3) is 3.98. The summed E-state index contributed by atoms with van der Waals surface area (Å²) in [6, 6.07) is 27.6. The highest BCUT2D eigenvalue weighted by Gasteiger charge is 2.36. The second-order valence-corrected chi connectivity index (χ2v) is 9.29. The van der Waals surface area contributed by atoms with Crippen molar-refractivity contribution in [1.29, 1.82) is 0 Å². The van der Waals surface area contributed by atoms with Gasteiger partial charge in [-0.1, -0.05) is 60.2 Å². The van der Waals surface area contributed by atoms with Crippen LogP contribution in [0.5, 0.6) is 0 Å². The first kappa shape index (κ1) is 22.8. The number of fused-ring (bicyclic) bond motifs is 3. The van der Waals surface area contributed by atoms with Crippen LogP contribution in [0.15, 0.2) is 97.2 Å². The zero-order chi connectivity index (χ0) is 25.5. The molecule has 1 aliphatic heterocycles. The fraction of sp³-hybridized carbons (Fsp3) is 0.133. The molecule has 0 saturated heterocycles. The average molecular weight is 492 g/mol. The summed E-state index contributed by atoms with van der Waals surface area (Å²) in [5.74, 6) is 0.414. The van der Waals surface area contributed by atoms with E-state index in [1.165, 1.54) is 6.07 Å². The second-order valence-electron chi connectivity index (χ2n) is 9.29. The summed E-state index contributed by atoms with van der Waals surface area (Å²) in [5, 5.41) is 7.67. The van der Waals surface area contributed by atoms with Crippen molar-refractivity contribution in [3.05, 3.63) is 131 Å². The quantitative estimate of drug-likeness (QED) is 0.311. The molecule has 6 rings (SSSR count). The molecule has 7 heteroatoms. The van der Waals surface area contributed by atoms with E-state index in [4.69, 9.17) is 5.10 Å². The fourth-order valence-electron chi connectivity index (χ4n) is 5.09. The lowest BCUT2D eigenvalue weighted by atomic mass is 10.00. The number of carbonyl (C=O) groups excluding carboxylic acids is 1. The molecule has 5 aromatic rings. The summed E-state index contributed by atoms with van der Waals surface area (Å²) in [5.41, 5.74) is 5.83. The normalized spacial score (nSPS) is 14.6. The number of benzene rings is 3. The van der Waals surface area contributed by atoms with Gasteiger partial charge in [0.05, 0.1) is 35.3 Å². The lowest BCUT2D eigenvalue weighted by Crippen LogP contribution is -2.38. The maximum absolute atomic E-state index is 14.5. The van der Waals surface area contributed by atoms with Gasteiger partial charge < -0.3 is 14.8 Å². The molecule has 0 bridgehead atoms. The Kier molecular flexibility index (Phi) is 5.60. The highest BCUT2D eigenvalue weighted by atomic mass is 19.1. The molecule has 0 unspecified atom stereocenters. The number of amides is 2. The molecule has 2 amide bonds. The summed E-state index contributed by atoms with van der Waals surface area (Å²) in [7, 11) is 0. The van der Waals surface area contributed by atoms with Gasteiger partial charge >= 0.3 is 6.03 Å². The lowest BCUT2D eigenvalue weighted by Gasteiger charge is -2.31. The van der Waals surface area contributed by atoms with Crippen molar-refractivity contribution in [2.75, 3.05) is 5.32 Å². The van der Waals surface area contributed by atoms with Gasteiger partial charge in [0.2, 0.25) is 0 Å². The number of urea groups is 1. The van der Waals surface area contributed by atoms with Crippen molar-refractivity contribution in [3.63, 3.8) is 0 Å². The van der Waals surface area contributed by atoms with E-state index in [1.54, 1.807) is 23.1 Å². The van der Waals surface area contributed by atoms with Crippen LogP contribution in [-0.4, -0.2) is 25.3 Å². The van der Waals surface area contributed by atoms with Crippen molar-refractivity contribution in [2.45, 2.75) is 26.4 Å². The minimum absolute atomic E-state index is 0.145. The predicted molar refractivity (Wildman–Crippen MR) is 142 cm³/mol. The number of nitrogens with zero attached hydrogens (tertiary/aromatic N) is 4. The van der Waals surface area contributed by atoms with Crippen LogP contribution in [-0.2, 0) is 6.54 Å². The van der Waals surface area contributed by atoms with E-state index in [9.17, 15) is 9.18 Å². The number of rotatable bonds is 3. The highest BCUT2D eigenvalue weighted by Crippen LogP contribution is 2.39. The van der Waals surface area contributed by atoms with E-state index in [0.717, 1.165) is 39.6 Å². The number of aryl methyl sites for hydroxylation is 2. The van der Waals surface area contributed by atoms with E-state index in [-0.39, 0.29) is 11.7 Å². The molecule has 0 aliphatic carbocycles. The van der Waals surface area contributed by atoms with Crippen molar-refractivity contribution < 1.29 is 9.18 Å². The Balaban J connectivity index is 1.55. The van der Waals surface area contributed by atoms with Crippen LogP contribution < -0.4 is 5.32 Å². The summed E-state index contributed by atoms with van der Waals surface area (Å²) < 4.78 is 18.6.